The second kappa shape index (κ2) is 7.32. The van der Waals surface area contributed by atoms with Gasteiger partial charge in [0.05, 0.1) is 17.6 Å². The van der Waals surface area contributed by atoms with E-state index in [-0.39, 0.29) is 11.8 Å². The van der Waals surface area contributed by atoms with Crippen molar-refractivity contribution in [3.8, 4) is 5.69 Å². The van der Waals surface area contributed by atoms with Gasteiger partial charge >= 0.3 is 0 Å². The van der Waals surface area contributed by atoms with Crippen LogP contribution in [0.3, 0.4) is 0 Å². The van der Waals surface area contributed by atoms with Gasteiger partial charge in [0.2, 0.25) is 0 Å². The van der Waals surface area contributed by atoms with Gasteiger partial charge in [-0.3, -0.25) is 0 Å². The molecule has 2 aromatic rings. The lowest BCUT2D eigenvalue weighted by Gasteiger charge is -2.08. The van der Waals surface area contributed by atoms with Crippen LogP contribution in [-0.4, -0.2) is 30.0 Å². The average molecular weight is 345 g/mol. The summed E-state index contributed by atoms with van der Waals surface area (Å²) in [5, 5.41) is 8.91. The minimum Gasteiger partial charge on any atom is -0.305 e. The van der Waals surface area contributed by atoms with Crippen molar-refractivity contribution >= 4 is 9.84 Å². The molecule has 128 valence electrons. The van der Waals surface area contributed by atoms with E-state index < -0.39 is 9.84 Å². The standard InChI is InChI=1S/C18H23N3O2S/c1-2-3-4-15-5-7-18(8-6-15)21-13-16(12-20-21)11-19-17-9-10-24(22,23)14-17/h5-10,12-13,17,19H,2-4,11,14H2,1H3/t17-/m1/s1. The zero-order valence-corrected chi connectivity index (χ0v) is 14.7. The van der Waals surface area contributed by atoms with Gasteiger partial charge in [-0.2, -0.15) is 5.10 Å². The van der Waals surface area contributed by atoms with Crippen LogP contribution in [0.2, 0.25) is 0 Å². The summed E-state index contributed by atoms with van der Waals surface area (Å²) in [7, 11) is -3.01. The molecular weight excluding hydrogens is 322 g/mol. The van der Waals surface area contributed by atoms with Crippen LogP contribution in [0.4, 0.5) is 0 Å². The second-order valence-electron chi connectivity index (χ2n) is 6.21. The fourth-order valence-corrected chi connectivity index (χ4v) is 4.01. The molecule has 1 N–H and O–H groups in total. The average Bonchev–Trinajstić information content (AvgIpc) is 3.18. The van der Waals surface area contributed by atoms with Crippen LogP contribution in [0.1, 0.15) is 30.9 Å². The maximum atomic E-state index is 11.4. The van der Waals surface area contributed by atoms with Gasteiger partial charge in [-0.1, -0.05) is 31.6 Å². The molecule has 0 unspecified atom stereocenters. The topological polar surface area (TPSA) is 64.0 Å². The van der Waals surface area contributed by atoms with Gasteiger partial charge in [-0.25, -0.2) is 13.1 Å². The molecule has 1 aliphatic heterocycles. The maximum Gasteiger partial charge on any atom is 0.173 e. The van der Waals surface area contributed by atoms with Crippen LogP contribution in [0.5, 0.6) is 0 Å². The summed E-state index contributed by atoms with van der Waals surface area (Å²) in [6.45, 7) is 2.80. The Morgan fingerprint density at radius 1 is 1.25 bits per heavy atom. The number of nitrogens with zero attached hydrogens (tertiary/aromatic N) is 2. The highest BCUT2D eigenvalue weighted by Crippen LogP contribution is 2.13. The molecule has 0 spiro atoms. The number of unbranched alkanes of at least 4 members (excludes halogenated alkanes) is 1. The summed E-state index contributed by atoms with van der Waals surface area (Å²) < 4.78 is 24.6. The van der Waals surface area contributed by atoms with E-state index in [1.807, 2.05) is 17.1 Å². The van der Waals surface area contributed by atoms with Crippen molar-refractivity contribution in [1.82, 2.24) is 15.1 Å². The summed E-state index contributed by atoms with van der Waals surface area (Å²) in [6.07, 6.45) is 9.01. The van der Waals surface area contributed by atoms with Gasteiger partial charge in [0.25, 0.3) is 0 Å². The molecule has 3 rings (SSSR count). The summed E-state index contributed by atoms with van der Waals surface area (Å²) in [5.41, 5.74) is 3.41. The SMILES string of the molecule is CCCCc1ccc(-n2cc(CN[C@@H]3C=CS(=O)(=O)C3)cn2)cc1. The zero-order valence-electron chi connectivity index (χ0n) is 13.9. The van der Waals surface area contributed by atoms with Crippen LogP contribution < -0.4 is 5.32 Å². The molecule has 0 saturated heterocycles. The number of nitrogens with one attached hydrogen (secondary N) is 1. The van der Waals surface area contributed by atoms with Crippen LogP contribution in [0.15, 0.2) is 48.1 Å². The molecule has 1 aromatic heterocycles. The lowest BCUT2D eigenvalue weighted by atomic mass is 10.1. The van der Waals surface area contributed by atoms with Crippen LogP contribution in [0.25, 0.3) is 5.69 Å². The number of aryl methyl sites for hydroxylation is 1. The first-order valence-electron chi connectivity index (χ1n) is 8.33. The Bertz CT molecular complexity index is 807. The first kappa shape index (κ1) is 16.9. The van der Waals surface area contributed by atoms with E-state index in [2.05, 4.69) is 41.6 Å². The van der Waals surface area contributed by atoms with Crippen molar-refractivity contribution in [2.75, 3.05) is 5.75 Å². The van der Waals surface area contributed by atoms with Gasteiger partial charge in [0.1, 0.15) is 0 Å². The molecule has 24 heavy (non-hydrogen) atoms. The molecule has 1 atom stereocenters. The summed E-state index contributed by atoms with van der Waals surface area (Å²) in [6, 6.07) is 8.36. The summed E-state index contributed by atoms with van der Waals surface area (Å²) in [5.74, 6) is 0.139. The summed E-state index contributed by atoms with van der Waals surface area (Å²) >= 11 is 0. The smallest absolute Gasteiger partial charge is 0.173 e. The Labute approximate surface area is 143 Å². The van der Waals surface area contributed by atoms with Crippen LogP contribution in [-0.2, 0) is 22.8 Å². The quantitative estimate of drug-likeness (QED) is 0.838. The monoisotopic (exact) mass is 345 g/mol. The Morgan fingerprint density at radius 2 is 2.04 bits per heavy atom. The number of rotatable bonds is 7. The fourth-order valence-electron chi connectivity index (χ4n) is 2.74. The van der Waals surface area contributed by atoms with E-state index in [1.165, 1.54) is 23.8 Å². The van der Waals surface area contributed by atoms with Gasteiger partial charge < -0.3 is 5.32 Å². The number of hydrogen-bond acceptors (Lipinski definition) is 4. The lowest BCUT2D eigenvalue weighted by Crippen LogP contribution is -2.29. The van der Waals surface area contributed by atoms with Gasteiger partial charge in [-0.05, 0) is 30.5 Å². The third-order valence-corrected chi connectivity index (χ3v) is 5.55. The van der Waals surface area contributed by atoms with E-state index in [0.717, 1.165) is 17.7 Å². The van der Waals surface area contributed by atoms with E-state index in [1.54, 1.807) is 6.08 Å². The highest BCUT2D eigenvalue weighted by Gasteiger charge is 2.20. The molecular formula is C18H23N3O2S. The normalized spacial score (nSPS) is 19.0. The van der Waals surface area contributed by atoms with E-state index in [0.29, 0.717) is 6.54 Å². The van der Waals surface area contributed by atoms with Gasteiger partial charge in [0, 0.05) is 29.8 Å². The molecule has 0 saturated carbocycles. The van der Waals surface area contributed by atoms with Crippen molar-refractivity contribution < 1.29 is 8.42 Å². The van der Waals surface area contributed by atoms with Crippen molar-refractivity contribution in [3.05, 3.63) is 59.3 Å². The highest BCUT2D eigenvalue weighted by molar-refractivity contribution is 7.94. The molecule has 5 nitrogen and oxygen atoms in total. The summed E-state index contributed by atoms with van der Waals surface area (Å²) in [4.78, 5) is 0. The molecule has 1 aliphatic rings. The zero-order chi connectivity index (χ0) is 17.0. The predicted molar refractivity (Wildman–Crippen MR) is 95.7 cm³/mol. The predicted octanol–water partition coefficient (Wildman–Crippen LogP) is 2.62. The van der Waals surface area contributed by atoms with Crippen molar-refractivity contribution in [2.24, 2.45) is 0 Å². The minimum atomic E-state index is -3.01. The minimum absolute atomic E-state index is 0.115. The molecule has 0 amide bonds. The molecule has 1 aromatic carbocycles. The Kier molecular flexibility index (Phi) is 5.16. The van der Waals surface area contributed by atoms with Crippen molar-refractivity contribution in [2.45, 2.75) is 38.8 Å². The number of sulfone groups is 1. The van der Waals surface area contributed by atoms with E-state index >= 15 is 0 Å². The number of hydrogen-bond donors (Lipinski definition) is 1. The van der Waals surface area contributed by atoms with Crippen molar-refractivity contribution in [1.29, 1.82) is 0 Å². The van der Waals surface area contributed by atoms with E-state index in [4.69, 9.17) is 0 Å². The number of benzene rings is 1. The largest absolute Gasteiger partial charge is 0.305 e. The molecule has 0 bridgehead atoms. The molecule has 6 heteroatoms. The fraction of sp³-hybridized carbons (Fsp3) is 0.389. The third kappa shape index (κ3) is 4.33. The van der Waals surface area contributed by atoms with Crippen LogP contribution >= 0.6 is 0 Å². The highest BCUT2D eigenvalue weighted by atomic mass is 32.2. The molecule has 2 heterocycles. The second-order valence-corrected chi connectivity index (χ2v) is 8.14. The van der Waals surface area contributed by atoms with Crippen LogP contribution in [0, 0.1) is 0 Å². The first-order valence-corrected chi connectivity index (χ1v) is 10.0. The third-order valence-electron chi connectivity index (χ3n) is 4.15. The lowest BCUT2D eigenvalue weighted by molar-refractivity contribution is 0.590. The number of aromatic nitrogens is 2. The maximum absolute atomic E-state index is 11.4. The first-order chi connectivity index (χ1) is 11.6. The Morgan fingerprint density at radius 3 is 2.71 bits per heavy atom. The molecule has 0 fully saturated rings. The Balaban J connectivity index is 1.58. The van der Waals surface area contributed by atoms with E-state index in [9.17, 15) is 8.42 Å². The van der Waals surface area contributed by atoms with Gasteiger partial charge in [0.15, 0.2) is 9.84 Å². The van der Waals surface area contributed by atoms with Crippen molar-refractivity contribution in [3.63, 3.8) is 0 Å². The molecule has 0 radical (unpaired) electrons. The van der Waals surface area contributed by atoms with Gasteiger partial charge in [-0.15, -0.1) is 0 Å². The Hall–Kier alpha value is -1.92. The molecule has 0 aliphatic carbocycles.